The first-order valence-corrected chi connectivity index (χ1v) is 7.10. The summed E-state index contributed by atoms with van der Waals surface area (Å²) >= 11 is 0. The Morgan fingerprint density at radius 1 is 1.36 bits per heavy atom. The summed E-state index contributed by atoms with van der Waals surface area (Å²) in [4.78, 5) is 23.6. The van der Waals surface area contributed by atoms with Crippen LogP contribution in [0, 0.1) is 5.92 Å². The molecule has 2 rings (SSSR count). The van der Waals surface area contributed by atoms with Crippen molar-refractivity contribution in [2.45, 2.75) is 12.5 Å². The highest BCUT2D eigenvalue weighted by Crippen LogP contribution is 2.17. The van der Waals surface area contributed by atoms with E-state index in [1.807, 2.05) is 0 Å². The summed E-state index contributed by atoms with van der Waals surface area (Å²) in [6.45, 7) is 1.65. The van der Waals surface area contributed by atoms with Gasteiger partial charge in [-0.05, 0) is 31.2 Å². The fraction of sp³-hybridized carbons (Fsp3) is 0.467. The molecule has 120 valence electrons. The molecular weight excluding hydrogens is 288 g/mol. The molecule has 1 aromatic rings. The minimum atomic E-state index is -0.626. The van der Waals surface area contributed by atoms with Crippen LogP contribution in [0.4, 0.5) is 0 Å². The van der Waals surface area contributed by atoms with Gasteiger partial charge in [0.15, 0.2) is 0 Å². The highest BCUT2D eigenvalue weighted by atomic mass is 16.5. The number of benzene rings is 1. The quantitative estimate of drug-likeness (QED) is 0.578. The van der Waals surface area contributed by atoms with Crippen molar-refractivity contribution in [1.29, 1.82) is 0 Å². The van der Waals surface area contributed by atoms with E-state index in [-0.39, 0.29) is 22.8 Å². The number of carbonyl (C=O) groups is 2. The third kappa shape index (κ3) is 3.96. The number of amides is 1. The molecule has 0 aliphatic carbocycles. The van der Waals surface area contributed by atoms with Crippen LogP contribution in [0.5, 0.6) is 5.75 Å². The van der Waals surface area contributed by atoms with Crippen LogP contribution in [0.15, 0.2) is 18.2 Å². The maximum Gasteiger partial charge on any atom is 0.338 e. The number of esters is 1. The van der Waals surface area contributed by atoms with Gasteiger partial charge in [0.25, 0.3) is 5.91 Å². The number of rotatable bonds is 4. The first-order chi connectivity index (χ1) is 10.5. The number of ether oxygens (including phenoxy) is 1. The second-order valence-electron chi connectivity index (χ2n) is 5.29. The zero-order valence-electron chi connectivity index (χ0n) is 12.3. The van der Waals surface area contributed by atoms with E-state index in [0.29, 0.717) is 13.1 Å². The van der Waals surface area contributed by atoms with Gasteiger partial charge in [0, 0.05) is 24.6 Å². The van der Waals surface area contributed by atoms with Gasteiger partial charge in [-0.25, -0.2) is 4.79 Å². The molecule has 0 radical (unpaired) electrons. The lowest BCUT2D eigenvalue weighted by atomic mass is 9.95. The molecule has 1 fully saturated rings. The van der Waals surface area contributed by atoms with Crippen molar-refractivity contribution in [3.8, 4) is 5.75 Å². The number of nitrogens with one attached hydrogen (secondary N) is 2. The molecule has 1 amide bonds. The molecule has 1 aromatic carbocycles. The van der Waals surface area contributed by atoms with Gasteiger partial charge in [-0.1, -0.05) is 0 Å². The SMILES string of the molecule is COC(=O)c1cc(O)cc(C(=O)NC[C@@H]2CCNC[C@H]2O)c1. The van der Waals surface area contributed by atoms with E-state index in [0.717, 1.165) is 13.0 Å². The Bertz CT molecular complexity index is 561. The first-order valence-electron chi connectivity index (χ1n) is 7.10. The van der Waals surface area contributed by atoms with Crippen molar-refractivity contribution in [2.75, 3.05) is 26.7 Å². The molecule has 0 aromatic heterocycles. The number of methoxy groups -OCH3 is 1. The number of carbonyl (C=O) groups excluding carboxylic acids is 2. The predicted molar refractivity (Wildman–Crippen MR) is 78.8 cm³/mol. The Morgan fingerprint density at radius 3 is 2.77 bits per heavy atom. The van der Waals surface area contributed by atoms with Gasteiger partial charge < -0.3 is 25.6 Å². The van der Waals surface area contributed by atoms with Crippen LogP contribution < -0.4 is 10.6 Å². The van der Waals surface area contributed by atoms with E-state index < -0.39 is 18.0 Å². The molecule has 1 aliphatic heterocycles. The molecule has 22 heavy (non-hydrogen) atoms. The third-order valence-electron chi connectivity index (χ3n) is 3.72. The monoisotopic (exact) mass is 308 g/mol. The van der Waals surface area contributed by atoms with Crippen LogP contribution in [0.1, 0.15) is 27.1 Å². The van der Waals surface area contributed by atoms with Gasteiger partial charge in [-0.2, -0.15) is 0 Å². The minimum absolute atomic E-state index is 0.0115. The van der Waals surface area contributed by atoms with Crippen molar-refractivity contribution in [3.05, 3.63) is 29.3 Å². The maximum absolute atomic E-state index is 12.1. The molecule has 1 heterocycles. The van der Waals surface area contributed by atoms with Crippen molar-refractivity contribution in [1.82, 2.24) is 10.6 Å². The highest BCUT2D eigenvalue weighted by Gasteiger charge is 2.23. The normalized spacial score (nSPS) is 21.2. The summed E-state index contributed by atoms with van der Waals surface area (Å²) in [5.41, 5.74) is 0.276. The van der Waals surface area contributed by atoms with Crippen molar-refractivity contribution in [3.63, 3.8) is 0 Å². The molecule has 2 atom stereocenters. The molecule has 7 heteroatoms. The van der Waals surface area contributed by atoms with E-state index in [2.05, 4.69) is 15.4 Å². The number of phenolic OH excluding ortho intramolecular Hbond substituents is 1. The summed E-state index contributed by atoms with van der Waals surface area (Å²) in [6, 6.07) is 3.87. The zero-order valence-corrected chi connectivity index (χ0v) is 12.3. The van der Waals surface area contributed by atoms with Crippen molar-refractivity contribution in [2.24, 2.45) is 5.92 Å². The van der Waals surface area contributed by atoms with Gasteiger partial charge in [0.1, 0.15) is 5.75 Å². The number of aliphatic hydroxyl groups excluding tert-OH is 1. The van der Waals surface area contributed by atoms with Crippen LogP contribution in [0.3, 0.4) is 0 Å². The summed E-state index contributed by atoms with van der Waals surface area (Å²) in [6.07, 6.45) is 0.276. The smallest absolute Gasteiger partial charge is 0.338 e. The second-order valence-corrected chi connectivity index (χ2v) is 5.29. The summed E-state index contributed by atoms with van der Waals surface area (Å²) in [5.74, 6) is -1.23. The maximum atomic E-state index is 12.1. The standard InChI is InChI=1S/C15H20N2O5/c1-22-15(21)11-4-10(5-12(18)6-11)14(20)17-7-9-2-3-16-8-13(9)19/h4-6,9,13,16,18-19H,2-3,7-8H2,1H3,(H,17,20)/t9-,13+/m0/s1. The molecule has 0 spiro atoms. The fourth-order valence-corrected chi connectivity index (χ4v) is 2.44. The fourth-order valence-electron chi connectivity index (χ4n) is 2.44. The molecule has 0 unspecified atom stereocenters. The summed E-state index contributed by atoms with van der Waals surface area (Å²) in [7, 11) is 1.23. The Kier molecular flexibility index (Phi) is 5.35. The van der Waals surface area contributed by atoms with Crippen LogP contribution in [-0.2, 0) is 4.74 Å². The summed E-state index contributed by atoms with van der Waals surface area (Å²) in [5, 5.41) is 25.2. The largest absolute Gasteiger partial charge is 0.508 e. The number of piperidine rings is 1. The van der Waals surface area contributed by atoms with E-state index in [4.69, 9.17) is 0 Å². The lowest BCUT2D eigenvalue weighted by Crippen LogP contribution is -2.45. The minimum Gasteiger partial charge on any atom is -0.508 e. The Hall–Kier alpha value is -2.12. The van der Waals surface area contributed by atoms with Crippen LogP contribution >= 0.6 is 0 Å². The molecule has 0 saturated carbocycles. The van der Waals surface area contributed by atoms with E-state index in [1.54, 1.807) is 0 Å². The Balaban J connectivity index is 2.02. The highest BCUT2D eigenvalue weighted by molar-refractivity contribution is 5.98. The van der Waals surface area contributed by atoms with E-state index >= 15 is 0 Å². The zero-order chi connectivity index (χ0) is 16.1. The summed E-state index contributed by atoms with van der Waals surface area (Å²) < 4.78 is 4.57. The van der Waals surface area contributed by atoms with E-state index in [1.165, 1.54) is 25.3 Å². The molecule has 1 saturated heterocycles. The number of phenols is 1. The third-order valence-corrected chi connectivity index (χ3v) is 3.72. The van der Waals surface area contributed by atoms with Crippen molar-refractivity contribution >= 4 is 11.9 Å². The van der Waals surface area contributed by atoms with Gasteiger partial charge in [-0.3, -0.25) is 4.79 Å². The van der Waals surface area contributed by atoms with Gasteiger partial charge in [0.05, 0.1) is 18.8 Å². The second kappa shape index (κ2) is 7.24. The van der Waals surface area contributed by atoms with Crippen LogP contribution in [-0.4, -0.2) is 54.9 Å². The first kappa shape index (κ1) is 16.3. The molecule has 7 nitrogen and oxygen atoms in total. The molecule has 0 bridgehead atoms. The number of aromatic hydroxyl groups is 1. The lowest BCUT2D eigenvalue weighted by molar-refractivity contribution is 0.0600. The van der Waals surface area contributed by atoms with Crippen LogP contribution in [0.2, 0.25) is 0 Å². The van der Waals surface area contributed by atoms with Crippen molar-refractivity contribution < 1.29 is 24.5 Å². The number of β-amino-alcohol motifs (C(OH)–C–C–N with tert-alkyl or cyclic N) is 1. The average molecular weight is 308 g/mol. The lowest BCUT2D eigenvalue weighted by Gasteiger charge is -2.28. The number of hydrogen-bond donors (Lipinski definition) is 4. The van der Waals surface area contributed by atoms with Gasteiger partial charge in [0.2, 0.25) is 0 Å². The molecular formula is C15H20N2O5. The topological polar surface area (TPSA) is 108 Å². The average Bonchev–Trinajstić information content (AvgIpc) is 2.52. The molecule has 1 aliphatic rings. The Morgan fingerprint density at radius 2 is 2.09 bits per heavy atom. The number of aliphatic hydroxyl groups is 1. The molecule has 4 N–H and O–H groups in total. The van der Waals surface area contributed by atoms with Crippen LogP contribution in [0.25, 0.3) is 0 Å². The predicted octanol–water partition coefficient (Wildman–Crippen LogP) is -0.121. The van der Waals surface area contributed by atoms with Gasteiger partial charge in [-0.15, -0.1) is 0 Å². The van der Waals surface area contributed by atoms with E-state index in [9.17, 15) is 19.8 Å². The van der Waals surface area contributed by atoms with Gasteiger partial charge >= 0.3 is 5.97 Å². The Labute approximate surface area is 128 Å². The number of hydrogen-bond acceptors (Lipinski definition) is 6.